The fourth-order valence-corrected chi connectivity index (χ4v) is 6.98. The Bertz CT molecular complexity index is 2190. The number of amides is 1. The number of carbonyl (C=O) groups excluding carboxylic acids is 1. The third kappa shape index (κ3) is 6.81. The van der Waals surface area contributed by atoms with Crippen LogP contribution < -0.4 is 10.1 Å². The molecule has 10 nitrogen and oxygen atoms in total. The van der Waals surface area contributed by atoms with Crippen molar-refractivity contribution in [3.63, 3.8) is 0 Å². The molecule has 0 aliphatic carbocycles. The Balaban J connectivity index is 0.939. The summed E-state index contributed by atoms with van der Waals surface area (Å²) < 4.78 is 28.1. The molecule has 3 aromatic carbocycles. The summed E-state index contributed by atoms with van der Waals surface area (Å²) in [4.78, 5) is 25.6. The molecule has 50 heavy (non-hydrogen) atoms. The second-order valence-corrected chi connectivity index (χ2v) is 13.6. The zero-order chi connectivity index (χ0) is 34.2. The predicted octanol–water partition coefficient (Wildman–Crippen LogP) is 7.41. The molecule has 2 aliphatic heterocycles. The van der Waals surface area contributed by atoms with Gasteiger partial charge in [0.15, 0.2) is 0 Å². The third-order valence-electron chi connectivity index (χ3n) is 9.79. The summed E-state index contributed by atoms with van der Waals surface area (Å²) >= 11 is 5.88. The molecule has 256 valence electrons. The number of carbonyl (C=O) groups is 1. The number of H-pyrrole nitrogens is 1. The highest BCUT2D eigenvalue weighted by molar-refractivity contribution is 6.30. The van der Waals surface area contributed by atoms with E-state index in [4.69, 9.17) is 31.0 Å². The molecule has 1 amide bonds. The van der Waals surface area contributed by atoms with Crippen LogP contribution >= 0.6 is 11.6 Å². The van der Waals surface area contributed by atoms with E-state index >= 15 is 0 Å². The Labute approximate surface area is 293 Å². The van der Waals surface area contributed by atoms with Crippen molar-refractivity contribution in [1.29, 1.82) is 0 Å². The fraction of sp³-hybridized carbons (Fsp3) is 0.316. The number of imidazole rings is 1. The third-order valence-corrected chi connectivity index (χ3v) is 10.0. The highest BCUT2D eigenvalue weighted by atomic mass is 35.5. The van der Waals surface area contributed by atoms with Gasteiger partial charge in [0.25, 0.3) is 5.91 Å². The van der Waals surface area contributed by atoms with Crippen molar-refractivity contribution in [3.8, 4) is 5.88 Å². The summed E-state index contributed by atoms with van der Waals surface area (Å²) in [5.74, 6) is 1.16. The van der Waals surface area contributed by atoms with Crippen molar-refractivity contribution in [2.45, 2.75) is 57.9 Å². The van der Waals surface area contributed by atoms with Gasteiger partial charge in [0.05, 0.1) is 41.4 Å². The number of aromatic amines is 1. The van der Waals surface area contributed by atoms with Crippen LogP contribution in [0, 0.1) is 12.7 Å². The summed E-state index contributed by atoms with van der Waals surface area (Å²) in [5.41, 5.74) is 6.29. The average Bonchev–Trinajstić information content (AvgIpc) is 3.64. The maximum atomic E-state index is 14.2. The van der Waals surface area contributed by atoms with E-state index in [0.717, 1.165) is 84.7 Å². The first kappa shape index (κ1) is 32.4. The summed E-state index contributed by atoms with van der Waals surface area (Å²) in [6.07, 6.45) is 3.08. The monoisotopic (exact) mass is 693 g/mol. The second kappa shape index (κ2) is 13.8. The Hall–Kier alpha value is -4.84. The number of aryl methyl sites for hydroxylation is 1. The highest BCUT2D eigenvalue weighted by Crippen LogP contribution is 2.30. The van der Waals surface area contributed by atoms with E-state index in [9.17, 15) is 9.18 Å². The number of benzene rings is 3. The second-order valence-electron chi connectivity index (χ2n) is 13.1. The first-order valence-electron chi connectivity index (χ1n) is 17.0. The van der Waals surface area contributed by atoms with Crippen LogP contribution in [0.3, 0.4) is 0 Å². The summed E-state index contributed by atoms with van der Waals surface area (Å²) in [5, 5.41) is 11.6. The average molecular weight is 694 g/mol. The Morgan fingerprint density at radius 3 is 2.72 bits per heavy atom. The number of piperidine rings is 1. The number of aromatic nitrogens is 5. The van der Waals surface area contributed by atoms with Crippen LogP contribution in [0.5, 0.6) is 5.88 Å². The number of fused-ring (bicyclic) bond motifs is 2. The number of anilines is 1. The number of nitrogens with zero attached hydrogens (tertiary/aromatic N) is 5. The van der Waals surface area contributed by atoms with Crippen LogP contribution in [-0.2, 0) is 24.4 Å². The van der Waals surface area contributed by atoms with Crippen molar-refractivity contribution in [3.05, 3.63) is 112 Å². The molecule has 3 aromatic heterocycles. The van der Waals surface area contributed by atoms with Gasteiger partial charge in [0.2, 0.25) is 5.88 Å². The predicted molar refractivity (Wildman–Crippen MR) is 190 cm³/mol. The maximum absolute atomic E-state index is 14.2. The molecule has 0 spiro atoms. The van der Waals surface area contributed by atoms with Gasteiger partial charge in [-0.3, -0.25) is 14.8 Å². The summed E-state index contributed by atoms with van der Waals surface area (Å²) in [7, 11) is 0. The quantitative estimate of drug-likeness (QED) is 0.154. The highest BCUT2D eigenvalue weighted by Gasteiger charge is 2.26. The SMILES string of the molecule is Cc1n[nH]c2ccc(NC(=O)c3ccc4c(c3)nc(CN3CCC(c5cccc(OCc6ccc(Cl)cc6F)n5)CC3)n4C[C@@H]3CCO3)cc12. The minimum atomic E-state index is -0.393. The molecule has 0 bridgehead atoms. The number of hydrogen-bond acceptors (Lipinski definition) is 7. The van der Waals surface area contributed by atoms with E-state index in [1.54, 1.807) is 18.2 Å². The van der Waals surface area contributed by atoms with Gasteiger partial charge in [-0.15, -0.1) is 0 Å². The molecular formula is C38H37ClFN7O3. The van der Waals surface area contributed by atoms with Crippen LogP contribution in [0.1, 0.15) is 58.3 Å². The van der Waals surface area contributed by atoms with E-state index in [1.165, 1.54) is 6.07 Å². The van der Waals surface area contributed by atoms with Gasteiger partial charge >= 0.3 is 0 Å². The van der Waals surface area contributed by atoms with E-state index in [-0.39, 0.29) is 18.6 Å². The minimum Gasteiger partial charge on any atom is -0.473 e. The first-order chi connectivity index (χ1) is 24.4. The molecule has 2 N–H and O–H groups in total. The normalized spacial score (nSPS) is 16.9. The van der Waals surface area contributed by atoms with E-state index in [0.29, 0.717) is 40.2 Å². The molecule has 2 saturated heterocycles. The standard InChI is InChI=1S/C38H37ClFN7O3/c1-23-30-19-28(8-9-33(30)45-44-23)41-38(48)25-6-10-35-34(17-25)42-36(47(35)20-29-13-16-49-29)21-46-14-11-24(12-15-46)32-3-2-4-37(43-32)50-22-26-5-7-27(39)18-31(26)40/h2-10,17-19,24,29H,11-16,20-22H2,1H3,(H,41,48)(H,44,45)/t29-/m0/s1. The van der Waals surface area contributed by atoms with E-state index < -0.39 is 5.82 Å². The van der Waals surface area contributed by atoms with Gasteiger partial charge in [-0.1, -0.05) is 23.7 Å². The lowest BCUT2D eigenvalue weighted by Crippen LogP contribution is -2.35. The van der Waals surface area contributed by atoms with Gasteiger partial charge < -0.3 is 19.4 Å². The molecule has 5 heterocycles. The van der Waals surface area contributed by atoms with E-state index in [1.807, 2.05) is 55.5 Å². The number of ether oxygens (including phenoxy) is 2. The topological polar surface area (TPSA) is 110 Å². The van der Waals surface area contributed by atoms with Crippen molar-refractivity contribution in [2.75, 3.05) is 25.0 Å². The first-order valence-corrected chi connectivity index (χ1v) is 17.4. The molecule has 2 aliphatic rings. The van der Waals surface area contributed by atoms with Crippen molar-refractivity contribution in [2.24, 2.45) is 0 Å². The molecule has 1 atom stereocenters. The summed E-state index contributed by atoms with van der Waals surface area (Å²) in [6.45, 7) is 6.02. The van der Waals surface area contributed by atoms with Crippen LogP contribution in [0.2, 0.25) is 5.02 Å². The van der Waals surface area contributed by atoms with Gasteiger partial charge in [-0.05, 0) is 93.9 Å². The van der Waals surface area contributed by atoms with Crippen molar-refractivity contribution < 1.29 is 18.7 Å². The Morgan fingerprint density at radius 1 is 1.06 bits per heavy atom. The van der Waals surface area contributed by atoms with Crippen LogP contribution in [0.25, 0.3) is 21.9 Å². The number of rotatable bonds is 10. The molecular weight excluding hydrogens is 657 g/mol. The number of likely N-dealkylation sites (tertiary alicyclic amines) is 1. The largest absolute Gasteiger partial charge is 0.473 e. The van der Waals surface area contributed by atoms with Gasteiger partial charge in [-0.2, -0.15) is 5.10 Å². The minimum absolute atomic E-state index is 0.0823. The Kier molecular flexibility index (Phi) is 8.94. The number of nitrogens with one attached hydrogen (secondary N) is 2. The smallest absolute Gasteiger partial charge is 0.255 e. The Morgan fingerprint density at radius 2 is 1.92 bits per heavy atom. The fourth-order valence-electron chi connectivity index (χ4n) is 6.82. The van der Waals surface area contributed by atoms with Crippen LogP contribution in [0.4, 0.5) is 10.1 Å². The molecule has 0 saturated carbocycles. The number of pyridine rings is 1. The van der Waals surface area contributed by atoms with Gasteiger partial charge in [0.1, 0.15) is 18.2 Å². The lowest BCUT2D eigenvalue weighted by Gasteiger charge is -2.32. The maximum Gasteiger partial charge on any atom is 0.255 e. The molecule has 6 aromatic rings. The molecule has 12 heteroatoms. The van der Waals surface area contributed by atoms with Crippen molar-refractivity contribution >= 4 is 45.1 Å². The zero-order valence-corrected chi connectivity index (χ0v) is 28.4. The number of hydrogen-bond donors (Lipinski definition) is 2. The van der Waals surface area contributed by atoms with Gasteiger partial charge in [-0.25, -0.2) is 14.4 Å². The number of halogens is 2. The molecule has 0 radical (unpaired) electrons. The molecule has 0 unspecified atom stereocenters. The molecule has 2 fully saturated rings. The van der Waals surface area contributed by atoms with Crippen LogP contribution in [0.15, 0.2) is 72.8 Å². The molecule has 8 rings (SSSR count). The van der Waals surface area contributed by atoms with Crippen LogP contribution in [-0.4, -0.2) is 61.3 Å². The van der Waals surface area contributed by atoms with E-state index in [2.05, 4.69) is 25.0 Å². The lowest BCUT2D eigenvalue weighted by atomic mass is 9.93. The lowest BCUT2D eigenvalue weighted by molar-refractivity contribution is -0.0592. The summed E-state index contributed by atoms with van der Waals surface area (Å²) in [6, 6.07) is 21.8. The zero-order valence-electron chi connectivity index (χ0n) is 27.7. The van der Waals surface area contributed by atoms with Crippen molar-refractivity contribution in [1.82, 2.24) is 29.6 Å². The van der Waals surface area contributed by atoms with Gasteiger partial charge in [0, 0.05) is 51.5 Å².